The second-order valence-corrected chi connectivity index (χ2v) is 5.52. The molecule has 0 saturated carbocycles. The van der Waals surface area contributed by atoms with Crippen LogP contribution in [0.25, 0.3) is 0 Å². The van der Waals surface area contributed by atoms with E-state index in [1.165, 1.54) is 17.0 Å². The van der Waals surface area contributed by atoms with Crippen molar-refractivity contribution in [1.82, 2.24) is 5.32 Å². The molecule has 0 aliphatic heterocycles. The van der Waals surface area contributed by atoms with E-state index in [4.69, 9.17) is 5.73 Å². The van der Waals surface area contributed by atoms with Crippen LogP contribution in [0.4, 0.5) is 8.78 Å². The molecule has 3 N–H and O–H groups in total. The Morgan fingerprint density at radius 2 is 2.18 bits per heavy atom. The number of nitrogens with zero attached hydrogens (tertiary/aromatic N) is 1. The Balaban J connectivity index is 1.79. The number of aliphatic imine (C=N–C) groups is 1. The van der Waals surface area contributed by atoms with Crippen molar-refractivity contribution in [2.75, 3.05) is 6.54 Å². The summed E-state index contributed by atoms with van der Waals surface area (Å²) in [6, 6.07) is 10.5. The minimum atomic E-state index is -2.83. The maximum absolute atomic E-state index is 12.1. The first-order valence-corrected chi connectivity index (χ1v) is 7.61. The quantitative estimate of drug-likeness (QED) is 0.608. The lowest BCUT2D eigenvalue weighted by Gasteiger charge is -2.07. The van der Waals surface area contributed by atoms with Crippen LogP contribution < -0.4 is 15.8 Å². The fraction of sp³-hybridized carbons (Fsp3) is 0.267. The fourth-order valence-corrected chi connectivity index (χ4v) is 2.53. The van der Waals surface area contributed by atoms with Crippen molar-refractivity contribution in [2.45, 2.75) is 19.6 Å². The van der Waals surface area contributed by atoms with Gasteiger partial charge in [0.2, 0.25) is 0 Å². The number of ether oxygens (including phenoxy) is 1. The highest BCUT2D eigenvalue weighted by Gasteiger charge is 2.04. The van der Waals surface area contributed by atoms with Crippen LogP contribution in [-0.2, 0) is 13.0 Å². The summed E-state index contributed by atoms with van der Waals surface area (Å²) in [5, 5.41) is 5.05. The minimum absolute atomic E-state index is 0.118. The smallest absolute Gasteiger partial charge is 0.387 e. The lowest BCUT2D eigenvalue weighted by atomic mass is 10.2. The zero-order chi connectivity index (χ0) is 15.8. The molecule has 0 radical (unpaired) electrons. The van der Waals surface area contributed by atoms with E-state index in [-0.39, 0.29) is 5.75 Å². The van der Waals surface area contributed by atoms with Gasteiger partial charge in [0.1, 0.15) is 5.75 Å². The monoisotopic (exact) mass is 325 g/mol. The van der Waals surface area contributed by atoms with Gasteiger partial charge >= 0.3 is 6.61 Å². The average molecular weight is 325 g/mol. The zero-order valence-electron chi connectivity index (χ0n) is 11.8. The predicted octanol–water partition coefficient (Wildman–Crippen LogP) is 3.00. The second kappa shape index (κ2) is 8.33. The zero-order valence-corrected chi connectivity index (χ0v) is 12.7. The van der Waals surface area contributed by atoms with Gasteiger partial charge in [-0.3, -0.25) is 0 Å². The van der Waals surface area contributed by atoms with Gasteiger partial charge in [-0.1, -0.05) is 18.2 Å². The topological polar surface area (TPSA) is 59.6 Å². The summed E-state index contributed by atoms with van der Waals surface area (Å²) >= 11 is 1.70. The van der Waals surface area contributed by atoms with Gasteiger partial charge < -0.3 is 15.8 Å². The summed E-state index contributed by atoms with van der Waals surface area (Å²) in [6.07, 6.45) is 0.881. The number of hydrogen-bond donors (Lipinski definition) is 2. The molecule has 0 saturated heterocycles. The van der Waals surface area contributed by atoms with Crippen LogP contribution >= 0.6 is 11.3 Å². The van der Waals surface area contributed by atoms with Gasteiger partial charge in [-0.15, -0.1) is 11.3 Å². The van der Waals surface area contributed by atoms with Gasteiger partial charge in [0.05, 0.1) is 6.54 Å². The van der Waals surface area contributed by atoms with Crippen molar-refractivity contribution in [3.8, 4) is 5.75 Å². The average Bonchev–Trinajstić information content (AvgIpc) is 2.98. The van der Waals surface area contributed by atoms with E-state index in [0.717, 1.165) is 12.0 Å². The summed E-state index contributed by atoms with van der Waals surface area (Å²) in [6.45, 7) is -1.83. The Kier molecular flexibility index (Phi) is 6.14. The van der Waals surface area contributed by atoms with Crippen LogP contribution in [0.1, 0.15) is 10.4 Å². The molecule has 0 unspecified atom stereocenters. The number of alkyl halides is 2. The van der Waals surface area contributed by atoms with E-state index in [9.17, 15) is 8.78 Å². The molecule has 1 aromatic heterocycles. The van der Waals surface area contributed by atoms with E-state index in [1.807, 2.05) is 11.4 Å². The molecule has 2 rings (SSSR count). The predicted molar refractivity (Wildman–Crippen MR) is 84.4 cm³/mol. The molecule has 0 fully saturated rings. The summed E-state index contributed by atoms with van der Waals surface area (Å²) in [7, 11) is 0. The van der Waals surface area contributed by atoms with Crippen LogP contribution in [0.2, 0.25) is 0 Å². The summed E-state index contributed by atoms with van der Waals surface area (Å²) in [5.74, 6) is 0.448. The Hall–Kier alpha value is -2.15. The molecule has 118 valence electrons. The normalized spacial score (nSPS) is 11.7. The van der Waals surface area contributed by atoms with E-state index in [1.54, 1.807) is 23.5 Å². The molecule has 0 spiro atoms. The third kappa shape index (κ3) is 5.69. The molecule has 2 aromatic rings. The third-order valence-corrected chi connectivity index (χ3v) is 3.75. The molecule has 1 heterocycles. The molecule has 0 bridgehead atoms. The van der Waals surface area contributed by atoms with Gasteiger partial charge in [-0.05, 0) is 35.6 Å². The lowest BCUT2D eigenvalue weighted by molar-refractivity contribution is -0.0498. The van der Waals surface area contributed by atoms with Crippen molar-refractivity contribution in [3.05, 3.63) is 52.2 Å². The summed E-state index contributed by atoms with van der Waals surface area (Å²) in [5.41, 5.74) is 6.52. The van der Waals surface area contributed by atoms with Crippen molar-refractivity contribution in [1.29, 1.82) is 0 Å². The number of rotatable bonds is 7. The number of thiophene rings is 1. The highest BCUT2D eigenvalue weighted by molar-refractivity contribution is 7.09. The Labute approximate surface area is 131 Å². The molecule has 4 nitrogen and oxygen atoms in total. The van der Waals surface area contributed by atoms with Crippen LogP contribution in [0, 0.1) is 0 Å². The number of benzene rings is 1. The van der Waals surface area contributed by atoms with Gasteiger partial charge in [0, 0.05) is 11.4 Å². The Bertz CT molecular complexity index is 603. The summed E-state index contributed by atoms with van der Waals surface area (Å²) in [4.78, 5) is 5.45. The highest BCUT2D eigenvalue weighted by Crippen LogP contribution is 2.16. The van der Waals surface area contributed by atoms with Gasteiger partial charge in [-0.2, -0.15) is 8.78 Å². The van der Waals surface area contributed by atoms with Crippen LogP contribution in [0.15, 0.2) is 46.8 Å². The number of hydrogen-bond acceptors (Lipinski definition) is 3. The molecule has 0 atom stereocenters. The minimum Gasteiger partial charge on any atom is -0.435 e. The van der Waals surface area contributed by atoms with Crippen LogP contribution in [0.3, 0.4) is 0 Å². The molecular formula is C15H17F2N3OS. The van der Waals surface area contributed by atoms with Crippen LogP contribution in [0.5, 0.6) is 5.75 Å². The number of nitrogens with one attached hydrogen (secondary N) is 1. The van der Waals surface area contributed by atoms with E-state index in [0.29, 0.717) is 19.0 Å². The number of halogens is 2. The number of nitrogens with two attached hydrogens (primary N) is 1. The first kappa shape index (κ1) is 16.2. The molecule has 1 aromatic carbocycles. The largest absolute Gasteiger partial charge is 0.435 e. The molecule has 7 heteroatoms. The first-order valence-electron chi connectivity index (χ1n) is 6.73. The fourth-order valence-electron chi connectivity index (χ4n) is 1.82. The van der Waals surface area contributed by atoms with Crippen molar-refractivity contribution < 1.29 is 13.5 Å². The SMILES string of the molecule is NC(=NCc1cccc(OC(F)F)c1)NCCc1cccs1. The molecule has 0 amide bonds. The summed E-state index contributed by atoms with van der Waals surface area (Å²) < 4.78 is 28.6. The van der Waals surface area contributed by atoms with E-state index < -0.39 is 6.61 Å². The Morgan fingerprint density at radius 1 is 1.32 bits per heavy atom. The first-order chi connectivity index (χ1) is 10.6. The number of guanidine groups is 1. The highest BCUT2D eigenvalue weighted by atomic mass is 32.1. The second-order valence-electron chi connectivity index (χ2n) is 4.48. The van der Waals surface area contributed by atoms with Crippen LogP contribution in [-0.4, -0.2) is 19.1 Å². The van der Waals surface area contributed by atoms with Gasteiger partial charge in [-0.25, -0.2) is 4.99 Å². The third-order valence-electron chi connectivity index (χ3n) is 2.81. The lowest BCUT2D eigenvalue weighted by Crippen LogP contribution is -2.33. The molecule has 22 heavy (non-hydrogen) atoms. The van der Waals surface area contributed by atoms with Gasteiger partial charge in [0.25, 0.3) is 0 Å². The van der Waals surface area contributed by atoms with Gasteiger partial charge in [0.15, 0.2) is 5.96 Å². The molecule has 0 aliphatic rings. The molecule has 0 aliphatic carbocycles. The molecular weight excluding hydrogens is 308 g/mol. The maximum atomic E-state index is 12.1. The van der Waals surface area contributed by atoms with Crippen molar-refractivity contribution >= 4 is 17.3 Å². The maximum Gasteiger partial charge on any atom is 0.387 e. The van der Waals surface area contributed by atoms with E-state index >= 15 is 0 Å². The van der Waals surface area contributed by atoms with Crippen molar-refractivity contribution in [2.24, 2.45) is 10.7 Å². The Morgan fingerprint density at radius 3 is 2.91 bits per heavy atom. The standard InChI is InChI=1S/C15H17F2N3OS/c16-14(17)21-12-4-1-3-11(9-12)10-20-15(18)19-7-6-13-5-2-8-22-13/h1-5,8-9,14H,6-7,10H2,(H3,18,19,20). The van der Waals surface area contributed by atoms with E-state index in [2.05, 4.69) is 21.1 Å². The van der Waals surface area contributed by atoms with Crippen molar-refractivity contribution in [3.63, 3.8) is 0 Å².